The van der Waals surface area contributed by atoms with Gasteiger partial charge < -0.3 is 9.72 Å². The maximum atomic E-state index is 4.41. The number of aryl methyl sites for hydroxylation is 1. The van der Waals surface area contributed by atoms with Crippen molar-refractivity contribution >= 4 is 27.4 Å². The van der Waals surface area contributed by atoms with Gasteiger partial charge in [0, 0.05) is 50.5 Å². The number of imidazole rings is 1. The fourth-order valence-corrected chi connectivity index (χ4v) is 2.37. The molecule has 0 spiro atoms. The first-order valence-corrected chi connectivity index (χ1v) is 6.73. The van der Waals surface area contributed by atoms with Crippen molar-refractivity contribution in [2.45, 2.75) is 6.42 Å². The van der Waals surface area contributed by atoms with Crippen LogP contribution in [0.2, 0.25) is 0 Å². The molecule has 0 aliphatic heterocycles. The number of nitrogens with zero attached hydrogens (tertiary/aromatic N) is 5. The maximum Gasteiger partial charge on any atom is 0.180 e. The van der Waals surface area contributed by atoms with Gasteiger partial charge in [-0.3, -0.25) is 4.68 Å². The van der Waals surface area contributed by atoms with Crippen LogP contribution in [-0.4, -0.2) is 30.7 Å². The third kappa shape index (κ3) is 2.46. The lowest BCUT2D eigenvalue weighted by Crippen LogP contribution is -2.10. The molecule has 3 aromatic rings. The monoisotopic (exact) mass is 320 g/mol. The summed E-state index contributed by atoms with van der Waals surface area (Å²) in [6.07, 6.45) is 8.23. The van der Waals surface area contributed by atoms with E-state index < -0.39 is 0 Å². The molecular weight excluding hydrogens is 308 g/mol. The predicted octanol–water partition coefficient (Wildman–Crippen LogP) is 1.88. The maximum absolute atomic E-state index is 4.41. The molecule has 0 atom stereocenters. The van der Waals surface area contributed by atoms with E-state index in [1.807, 2.05) is 34.6 Å². The van der Waals surface area contributed by atoms with Crippen LogP contribution < -0.4 is 5.32 Å². The molecule has 0 radical (unpaired) electrons. The van der Waals surface area contributed by atoms with E-state index >= 15 is 0 Å². The lowest BCUT2D eigenvalue weighted by atomic mass is 10.3. The first-order chi connectivity index (χ1) is 9.24. The molecule has 0 unspecified atom stereocenters. The van der Waals surface area contributed by atoms with Crippen LogP contribution in [0.1, 0.15) is 5.69 Å². The van der Waals surface area contributed by atoms with Gasteiger partial charge in [-0.05, 0) is 22.0 Å². The van der Waals surface area contributed by atoms with Crippen molar-refractivity contribution in [1.82, 2.24) is 24.1 Å². The van der Waals surface area contributed by atoms with Gasteiger partial charge in [0.15, 0.2) is 11.5 Å². The van der Waals surface area contributed by atoms with E-state index in [0.29, 0.717) is 0 Å². The van der Waals surface area contributed by atoms with Gasteiger partial charge in [-0.1, -0.05) is 0 Å². The van der Waals surface area contributed by atoms with Crippen molar-refractivity contribution in [2.24, 2.45) is 7.05 Å². The van der Waals surface area contributed by atoms with Crippen molar-refractivity contribution in [2.75, 3.05) is 11.9 Å². The molecule has 3 aromatic heterocycles. The number of hydrogen-bond donors (Lipinski definition) is 1. The molecule has 19 heavy (non-hydrogen) atoms. The average Bonchev–Trinajstić information content (AvgIpc) is 2.98. The third-order valence-corrected chi connectivity index (χ3v) is 3.32. The summed E-state index contributed by atoms with van der Waals surface area (Å²) in [6, 6.07) is 2.02. The van der Waals surface area contributed by atoms with Crippen molar-refractivity contribution in [3.63, 3.8) is 0 Å². The number of halogens is 1. The van der Waals surface area contributed by atoms with Crippen molar-refractivity contribution < 1.29 is 0 Å². The fraction of sp³-hybridized carbons (Fsp3) is 0.250. The zero-order valence-corrected chi connectivity index (χ0v) is 12.0. The molecule has 0 aliphatic rings. The van der Waals surface area contributed by atoms with Gasteiger partial charge >= 0.3 is 0 Å². The van der Waals surface area contributed by atoms with Gasteiger partial charge in [-0.25, -0.2) is 9.97 Å². The molecule has 6 nitrogen and oxygen atoms in total. The van der Waals surface area contributed by atoms with Crippen molar-refractivity contribution in [1.29, 1.82) is 0 Å². The van der Waals surface area contributed by atoms with Crippen molar-refractivity contribution in [3.8, 4) is 0 Å². The first kappa shape index (κ1) is 12.2. The Kier molecular flexibility index (Phi) is 3.20. The number of fused-ring (bicyclic) bond motifs is 1. The molecule has 98 valence electrons. The Balaban J connectivity index is 1.75. The predicted molar refractivity (Wildman–Crippen MR) is 76.1 cm³/mol. The lowest BCUT2D eigenvalue weighted by molar-refractivity contribution is 0.711. The van der Waals surface area contributed by atoms with Gasteiger partial charge in [0.25, 0.3) is 0 Å². The Morgan fingerprint density at radius 2 is 2.26 bits per heavy atom. The smallest absolute Gasteiger partial charge is 0.180 e. The minimum Gasteiger partial charge on any atom is -0.367 e. The Labute approximate surface area is 118 Å². The van der Waals surface area contributed by atoms with Crippen LogP contribution in [0.25, 0.3) is 5.65 Å². The molecule has 3 heterocycles. The van der Waals surface area contributed by atoms with E-state index in [2.05, 4.69) is 36.3 Å². The summed E-state index contributed by atoms with van der Waals surface area (Å²) in [7, 11) is 1.94. The van der Waals surface area contributed by atoms with Gasteiger partial charge in [-0.2, -0.15) is 5.10 Å². The second-order valence-electron chi connectivity index (χ2n) is 4.19. The summed E-state index contributed by atoms with van der Waals surface area (Å²) in [5.74, 6) is 0.779. The van der Waals surface area contributed by atoms with E-state index in [4.69, 9.17) is 0 Å². The number of aromatic nitrogens is 5. The molecule has 0 aromatic carbocycles. The Morgan fingerprint density at radius 3 is 3.05 bits per heavy atom. The standard InChI is InChI=1S/C12H13BrN6/c1-18-9(3-5-16-18)2-4-14-11-12-15-6-7-19(12)8-10(13)17-11/h3,5-8H,2,4H2,1H3,(H,14,17). The number of anilines is 1. The Morgan fingerprint density at radius 1 is 1.37 bits per heavy atom. The summed E-state index contributed by atoms with van der Waals surface area (Å²) < 4.78 is 4.59. The van der Waals surface area contributed by atoms with Crippen LogP contribution in [0, 0.1) is 0 Å². The Bertz CT molecular complexity index is 701. The first-order valence-electron chi connectivity index (χ1n) is 5.94. The van der Waals surface area contributed by atoms with E-state index in [-0.39, 0.29) is 0 Å². The van der Waals surface area contributed by atoms with Crippen molar-refractivity contribution in [3.05, 3.63) is 41.2 Å². The molecule has 0 saturated carbocycles. The summed E-state index contributed by atoms with van der Waals surface area (Å²) >= 11 is 3.40. The molecule has 0 amide bonds. The largest absolute Gasteiger partial charge is 0.367 e. The molecule has 0 fully saturated rings. The molecule has 0 saturated heterocycles. The summed E-state index contributed by atoms with van der Waals surface area (Å²) in [4.78, 5) is 8.71. The minimum absolute atomic E-state index is 0.779. The minimum atomic E-state index is 0.779. The Hall–Kier alpha value is -1.89. The third-order valence-electron chi connectivity index (χ3n) is 2.94. The van der Waals surface area contributed by atoms with Crippen LogP contribution in [0.15, 0.2) is 35.5 Å². The van der Waals surface area contributed by atoms with Crippen LogP contribution in [0.3, 0.4) is 0 Å². The zero-order chi connectivity index (χ0) is 13.2. The van der Waals surface area contributed by atoms with Gasteiger partial charge in [0.2, 0.25) is 0 Å². The van der Waals surface area contributed by atoms with Crippen LogP contribution in [0.4, 0.5) is 5.82 Å². The average molecular weight is 321 g/mol. The normalized spacial score (nSPS) is 11.1. The quantitative estimate of drug-likeness (QED) is 0.797. The van der Waals surface area contributed by atoms with Gasteiger partial charge in [-0.15, -0.1) is 0 Å². The van der Waals surface area contributed by atoms with Crippen LogP contribution in [0.5, 0.6) is 0 Å². The highest BCUT2D eigenvalue weighted by Crippen LogP contribution is 2.16. The highest BCUT2D eigenvalue weighted by Gasteiger charge is 2.06. The zero-order valence-electron chi connectivity index (χ0n) is 10.4. The molecular formula is C12H13BrN6. The SMILES string of the molecule is Cn1nccc1CCNc1nc(Br)cn2ccnc12. The highest BCUT2D eigenvalue weighted by atomic mass is 79.9. The van der Waals surface area contributed by atoms with Gasteiger partial charge in [0.1, 0.15) is 4.60 Å². The number of hydrogen-bond acceptors (Lipinski definition) is 4. The van der Waals surface area contributed by atoms with E-state index in [1.165, 1.54) is 5.69 Å². The molecule has 3 rings (SSSR count). The summed E-state index contributed by atoms with van der Waals surface area (Å²) in [5, 5.41) is 7.46. The molecule has 0 aliphatic carbocycles. The highest BCUT2D eigenvalue weighted by molar-refractivity contribution is 9.10. The number of rotatable bonds is 4. The second kappa shape index (κ2) is 5.00. The van der Waals surface area contributed by atoms with E-state index in [9.17, 15) is 0 Å². The second-order valence-corrected chi connectivity index (χ2v) is 5.01. The van der Waals surface area contributed by atoms with E-state index in [0.717, 1.165) is 29.0 Å². The lowest BCUT2D eigenvalue weighted by Gasteiger charge is -2.07. The molecule has 1 N–H and O–H groups in total. The topological polar surface area (TPSA) is 60.0 Å². The summed E-state index contributed by atoms with van der Waals surface area (Å²) in [6.45, 7) is 0.783. The van der Waals surface area contributed by atoms with Gasteiger partial charge in [0.05, 0.1) is 0 Å². The summed E-state index contributed by atoms with van der Waals surface area (Å²) in [5.41, 5.74) is 2.01. The van der Waals surface area contributed by atoms with Crippen LogP contribution in [-0.2, 0) is 13.5 Å². The molecule has 7 heteroatoms. The van der Waals surface area contributed by atoms with Crippen LogP contribution >= 0.6 is 15.9 Å². The van der Waals surface area contributed by atoms with E-state index in [1.54, 1.807) is 12.4 Å². The molecule has 0 bridgehead atoms. The number of nitrogens with one attached hydrogen (secondary N) is 1. The fourth-order valence-electron chi connectivity index (χ4n) is 1.98.